The van der Waals surface area contributed by atoms with Crippen molar-refractivity contribution in [2.24, 2.45) is 5.10 Å². The number of rotatable bonds is 6. The second-order valence-corrected chi connectivity index (χ2v) is 5.57. The van der Waals surface area contributed by atoms with Crippen molar-refractivity contribution >= 4 is 28.1 Å². The maximum Gasteiger partial charge on any atom is 0.244 e. The average molecular weight is 377 g/mol. The molecule has 2 aromatic rings. The molecule has 0 saturated carbocycles. The lowest BCUT2D eigenvalue weighted by Crippen LogP contribution is -2.19. The molecule has 0 unspecified atom stereocenters. The van der Waals surface area contributed by atoms with E-state index in [0.717, 1.165) is 27.1 Å². The van der Waals surface area contributed by atoms with Crippen molar-refractivity contribution in [1.82, 2.24) is 5.43 Å². The Bertz CT molecular complexity index is 699. The summed E-state index contributed by atoms with van der Waals surface area (Å²) in [6.07, 6.45) is 1.82. The van der Waals surface area contributed by atoms with Crippen molar-refractivity contribution in [2.45, 2.75) is 6.42 Å². The molecule has 0 radical (unpaired) electrons. The van der Waals surface area contributed by atoms with Crippen molar-refractivity contribution in [1.29, 1.82) is 0 Å². The minimum absolute atomic E-state index is 0.188. The topological polar surface area (TPSA) is 59.9 Å². The molecule has 0 aliphatic carbocycles. The van der Waals surface area contributed by atoms with Crippen LogP contribution in [0.4, 0.5) is 0 Å². The zero-order valence-corrected chi connectivity index (χ0v) is 14.5. The fourth-order valence-corrected chi connectivity index (χ4v) is 2.50. The number of hydrogen-bond acceptors (Lipinski definition) is 4. The largest absolute Gasteiger partial charge is 0.497 e. The molecule has 0 bridgehead atoms. The number of nitrogens with one attached hydrogen (secondary N) is 1. The van der Waals surface area contributed by atoms with Crippen LogP contribution in [0.25, 0.3) is 0 Å². The molecule has 0 heterocycles. The Morgan fingerprint density at radius 1 is 1.17 bits per heavy atom. The van der Waals surface area contributed by atoms with Crippen LogP contribution in [0, 0.1) is 0 Å². The minimum Gasteiger partial charge on any atom is -0.497 e. The second kappa shape index (κ2) is 8.33. The first-order valence-corrected chi connectivity index (χ1v) is 7.70. The number of benzene rings is 2. The summed E-state index contributed by atoms with van der Waals surface area (Å²) in [4.78, 5) is 11.9. The minimum atomic E-state index is -0.188. The Morgan fingerprint density at radius 3 is 2.52 bits per heavy atom. The third-order valence-corrected chi connectivity index (χ3v) is 3.72. The standard InChI is InChI=1S/C17H17BrN2O3/c1-22-14-6-3-12(4-7-14)11-19-20-17(21)10-13-5-8-16(23-2)15(18)9-13/h3-9,11H,10H2,1-2H3,(H,20,21)/b19-11-. The Morgan fingerprint density at radius 2 is 1.91 bits per heavy atom. The van der Waals surface area contributed by atoms with Crippen molar-refractivity contribution in [3.8, 4) is 11.5 Å². The number of carbonyl (C=O) groups is 1. The highest BCUT2D eigenvalue weighted by atomic mass is 79.9. The van der Waals surface area contributed by atoms with Crippen molar-refractivity contribution in [2.75, 3.05) is 14.2 Å². The number of halogens is 1. The first-order chi connectivity index (χ1) is 11.1. The number of hydrazone groups is 1. The second-order valence-electron chi connectivity index (χ2n) is 4.71. The summed E-state index contributed by atoms with van der Waals surface area (Å²) in [5.41, 5.74) is 4.25. The first-order valence-electron chi connectivity index (χ1n) is 6.90. The Kier molecular flexibility index (Phi) is 6.17. The van der Waals surface area contributed by atoms with E-state index in [9.17, 15) is 4.79 Å². The molecule has 2 rings (SSSR count). The van der Waals surface area contributed by atoms with E-state index >= 15 is 0 Å². The average Bonchev–Trinajstić information content (AvgIpc) is 2.55. The molecule has 0 fully saturated rings. The van der Waals surface area contributed by atoms with Crippen LogP contribution in [0.5, 0.6) is 11.5 Å². The maximum atomic E-state index is 11.9. The first kappa shape index (κ1) is 17.0. The molecule has 23 heavy (non-hydrogen) atoms. The van der Waals surface area contributed by atoms with Crippen molar-refractivity contribution < 1.29 is 14.3 Å². The van der Waals surface area contributed by atoms with Gasteiger partial charge in [-0.1, -0.05) is 6.07 Å². The van der Waals surface area contributed by atoms with Crippen LogP contribution in [0.3, 0.4) is 0 Å². The van der Waals surface area contributed by atoms with Gasteiger partial charge in [-0.2, -0.15) is 5.10 Å². The van der Waals surface area contributed by atoms with Gasteiger partial charge >= 0.3 is 0 Å². The lowest BCUT2D eigenvalue weighted by Gasteiger charge is -2.05. The Labute approximate surface area is 143 Å². The van der Waals surface area contributed by atoms with Gasteiger partial charge in [0.2, 0.25) is 5.91 Å². The van der Waals surface area contributed by atoms with Gasteiger partial charge in [0, 0.05) is 0 Å². The third kappa shape index (κ3) is 5.10. The number of hydrogen-bond donors (Lipinski definition) is 1. The summed E-state index contributed by atoms with van der Waals surface area (Å²) in [5.74, 6) is 1.31. The van der Waals surface area contributed by atoms with Gasteiger partial charge in [-0.3, -0.25) is 4.79 Å². The maximum absolute atomic E-state index is 11.9. The molecule has 0 saturated heterocycles. The molecule has 0 aliphatic heterocycles. The Hall–Kier alpha value is -2.34. The van der Waals surface area contributed by atoms with Crippen LogP contribution in [-0.2, 0) is 11.2 Å². The van der Waals surface area contributed by atoms with Gasteiger partial charge in [0.15, 0.2) is 0 Å². The van der Waals surface area contributed by atoms with E-state index < -0.39 is 0 Å². The lowest BCUT2D eigenvalue weighted by atomic mass is 10.1. The molecule has 2 aromatic carbocycles. The van der Waals surface area contributed by atoms with Crippen LogP contribution < -0.4 is 14.9 Å². The van der Waals surface area contributed by atoms with Crippen LogP contribution in [0.2, 0.25) is 0 Å². The van der Waals surface area contributed by atoms with Gasteiger partial charge in [0.1, 0.15) is 11.5 Å². The molecule has 5 nitrogen and oxygen atoms in total. The monoisotopic (exact) mass is 376 g/mol. The normalized spacial score (nSPS) is 10.6. The molecular formula is C17H17BrN2O3. The summed E-state index contributed by atoms with van der Waals surface area (Å²) in [6.45, 7) is 0. The fourth-order valence-electron chi connectivity index (χ4n) is 1.91. The number of nitrogens with zero attached hydrogens (tertiary/aromatic N) is 1. The highest BCUT2D eigenvalue weighted by Crippen LogP contribution is 2.25. The van der Waals surface area contributed by atoms with E-state index in [2.05, 4.69) is 26.5 Å². The number of amides is 1. The summed E-state index contributed by atoms with van der Waals surface area (Å²) in [5, 5.41) is 3.95. The molecule has 6 heteroatoms. The molecule has 1 N–H and O–H groups in total. The van der Waals surface area contributed by atoms with Gasteiger partial charge in [0.25, 0.3) is 0 Å². The van der Waals surface area contributed by atoms with E-state index in [1.54, 1.807) is 20.4 Å². The molecular weight excluding hydrogens is 360 g/mol. The number of ether oxygens (including phenoxy) is 2. The quantitative estimate of drug-likeness (QED) is 0.622. The number of methoxy groups -OCH3 is 2. The molecule has 0 spiro atoms. The van der Waals surface area contributed by atoms with E-state index in [-0.39, 0.29) is 12.3 Å². The summed E-state index contributed by atoms with van der Waals surface area (Å²) in [7, 11) is 3.21. The van der Waals surface area contributed by atoms with E-state index in [1.165, 1.54) is 0 Å². The highest BCUT2D eigenvalue weighted by Gasteiger charge is 2.05. The van der Waals surface area contributed by atoms with Crippen molar-refractivity contribution in [3.05, 3.63) is 58.1 Å². The summed E-state index contributed by atoms with van der Waals surface area (Å²) in [6, 6.07) is 12.9. The lowest BCUT2D eigenvalue weighted by molar-refractivity contribution is -0.120. The van der Waals surface area contributed by atoms with E-state index in [0.29, 0.717) is 0 Å². The smallest absolute Gasteiger partial charge is 0.244 e. The van der Waals surface area contributed by atoms with Crippen molar-refractivity contribution in [3.63, 3.8) is 0 Å². The zero-order chi connectivity index (χ0) is 16.7. The zero-order valence-electron chi connectivity index (χ0n) is 12.9. The predicted octanol–water partition coefficient (Wildman–Crippen LogP) is 3.16. The third-order valence-electron chi connectivity index (χ3n) is 3.10. The van der Waals surface area contributed by atoms with Gasteiger partial charge < -0.3 is 9.47 Å². The summed E-state index contributed by atoms with van der Waals surface area (Å²) < 4.78 is 11.0. The predicted molar refractivity (Wildman–Crippen MR) is 93.1 cm³/mol. The Balaban J connectivity index is 1.89. The van der Waals surface area contributed by atoms with Crippen LogP contribution in [0.1, 0.15) is 11.1 Å². The molecule has 120 valence electrons. The molecule has 1 amide bonds. The van der Waals surface area contributed by atoms with Gasteiger partial charge in [0.05, 0.1) is 31.3 Å². The SMILES string of the molecule is COc1ccc(/C=N\NC(=O)Cc2ccc(OC)c(Br)c2)cc1. The fraction of sp³-hybridized carbons (Fsp3) is 0.176. The van der Waals surface area contributed by atoms with Crippen LogP contribution in [-0.4, -0.2) is 26.3 Å². The van der Waals surface area contributed by atoms with Gasteiger partial charge in [-0.05, 0) is 63.5 Å². The summed E-state index contributed by atoms with van der Waals surface area (Å²) >= 11 is 3.40. The van der Waals surface area contributed by atoms with Crippen LogP contribution in [0.15, 0.2) is 52.0 Å². The van der Waals surface area contributed by atoms with Crippen LogP contribution >= 0.6 is 15.9 Å². The molecule has 0 aliphatic rings. The van der Waals surface area contributed by atoms with E-state index in [4.69, 9.17) is 9.47 Å². The number of carbonyl (C=O) groups excluding carboxylic acids is 1. The molecule has 0 atom stereocenters. The molecule has 0 aromatic heterocycles. The highest BCUT2D eigenvalue weighted by molar-refractivity contribution is 9.10. The van der Waals surface area contributed by atoms with E-state index in [1.807, 2.05) is 42.5 Å². The van der Waals surface area contributed by atoms with Gasteiger partial charge in [-0.25, -0.2) is 5.43 Å². The van der Waals surface area contributed by atoms with Gasteiger partial charge in [-0.15, -0.1) is 0 Å².